The van der Waals surface area contributed by atoms with Crippen LogP contribution in [-0.2, 0) is 12.8 Å². The van der Waals surface area contributed by atoms with Crippen molar-refractivity contribution in [2.45, 2.75) is 18.9 Å². The Bertz CT molecular complexity index is 882. The molecule has 0 spiro atoms. The highest BCUT2D eigenvalue weighted by Gasteiger charge is 2.24. The zero-order valence-electron chi connectivity index (χ0n) is 15.5. The van der Waals surface area contributed by atoms with Gasteiger partial charge in [-0.05, 0) is 48.5 Å². The summed E-state index contributed by atoms with van der Waals surface area (Å²) < 4.78 is 0. The molecule has 5 nitrogen and oxygen atoms in total. The van der Waals surface area contributed by atoms with Gasteiger partial charge < -0.3 is 4.90 Å². The minimum Gasteiger partial charge on any atom is -0.307 e. The molecular weight excluding hydrogens is 346 g/mol. The second-order valence-electron chi connectivity index (χ2n) is 6.45. The van der Waals surface area contributed by atoms with Crippen LogP contribution in [0.25, 0.3) is 0 Å². The van der Waals surface area contributed by atoms with Gasteiger partial charge in [-0.2, -0.15) is 0 Å². The number of hydrogen-bond donors (Lipinski definition) is 0. The second-order valence-corrected chi connectivity index (χ2v) is 6.45. The minimum absolute atomic E-state index is 0.0644. The Labute approximate surface area is 164 Å². The summed E-state index contributed by atoms with van der Waals surface area (Å²) in [6.07, 6.45) is 8.79. The average molecular weight is 367 g/mol. The quantitative estimate of drug-likeness (QED) is 0.488. The Morgan fingerprint density at radius 2 is 0.964 bits per heavy atom. The van der Waals surface area contributed by atoms with E-state index in [2.05, 4.69) is 37.0 Å². The van der Waals surface area contributed by atoms with Crippen molar-refractivity contribution in [2.24, 2.45) is 0 Å². The molecule has 0 radical (unpaired) electrons. The van der Waals surface area contributed by atoms with Crippen molar-refractivity contribution in [3.05, 3.63) is 109 Å². The van der Waals surface area contributed by atoms with E-state index in [1.165, 1.54) is 0 Å². The molecule has 4 rings (SSSR count). The van der Waals surface area contributed by atoms with E-state index >= 15 is 0 Å². The van der Waals surface area contributed by atoms with Gasteiger partial charge in [-0.15, -0.1) is 0 Å². The molecule has 0 saturated heterocycles. The van der Waals surface area contributed by atoms with Gasteiger partial charge in [0.05, 0.1) is 0 Å². The molecule has 5 heteroatoms. The molecular formula is C23H21N5. The highest BCUT2D eigenvalue weighted by atomic mass is 15.3. The van der Waals surface area contributed by atoms with Crippen LogP contribution in [0.4, 0.5) is 11.6 Å². The summed E-state index contributed by atoms with van der Waals surface area (Å²) in [5.41, 5.74) is 2.06. The van der Waals surface area contributed by atoms with Gasteiger partial charge in [-0.25, -0.2) is 9.97 Å². The van der Waals surface area contributed by atoms with Crippen molar-refractivity contribution in [3.63, 3.8) is 0 Å². The molecule has 0 fully saturated rings. The average Bonchev–Trinajstić information content (AvgIpc) is 2.77. The number of anilines is 2. The van der Waals surface area contributed by atoms with Crippen molar-refractivity contribution in [1.29, 1.82) is 0 Å². The predicted molar refractivity (Wildman–Crippen MR) is 110 cm³/mol. The van der Waals surface area contributed by atoms with Gasteiger partial charge in [-0.1, -0.05) is 24.3 Å². The van der Waals surface area contributed by atoms with E-state index < -0.39 is 0 Å². The standard InChI is InChI=1S/C23H21N5/c1-5-13-24-19(9-1)17-21(18-20-10-2-6-14-25-20)28(22-11-3-7-15-26-22)23-12-4-8-16-27-23/h1-16,21H,17-18H2. The third kappa shape index (κ3) is 4.38. The lowest BCUT2D eigenvalue weighted by molar-refractivity contribution is 0.616. The molecule has 0 N–H and O–H groups in total. The topological polar surface area (TPSA) is 54.8 Å². The fourth-order valence-electron chi connectivity index (χ4n) is 3.26. The van der Waals surface area contributed by atoms with Gasteiger partial charge in [0, 0.05) is 55.1 Å². The summed E-state index contributed by atoms with van der Waals surface area (Å²) in [6.45, 7) is 0. The van der Waals surface area contributed by atoms with Crippen LogP contribution in [0.15, 0.2) is 97.6 Å². The highest BCUT2D eigenvalue weighted by molar-refractivity contribution is 5.57. The van der Waals surface area contributed by atoms with Gasteiger partial charge in [0.15, 0.2) is 0 Å². The molecule has 0 aliphatic heterocycles. The maximum Gasteiger partial charge on any atom is 0.134 e. The summed E-state index contributed by atoms with van der Waals surface area (Å²) in [4.78, 5) is 20.5. The molecule has 0 unspecified atom stereocenters. The monoisotopic (exact) mass is 367 g/mol. The summed E-state index contributed by atoms with van der Waals surface area (Å²) in [5, 5.41) is 0. The van der Waals surface area contributed by atoms with Crippen molar-refractivity contribution in [3.8, 4) is 0 Å². The molecule has 0 saturated carbocycles. The van der Waals surface area contributed by atoms with E-state index in [1.54, 1.807) is 0 Å². The van der Waals surface area contributed by atoms with E-state index in [0.29, 0.717) is 0 Å². The zero-order valence-corrected chi connectivity index (χ0v) is 15.5. The Hall–Kier alpha value is -3.60. The summed E-state index contributed by atoms with van der Waals surface area (Å²) >= 11 is 0. The molecule has 4 aromatic rings. The van der Waals surface area contributed by atoms with Crippen molar-refractivity contribution in [1.82, 2.24) is 19.9 Å². The lowest BCUT2D eigenvalue weighted by Crippen LogP contribution is -2.36. The minimum atomic E-state index is 0.0644. The third-order valence-electron chi connectivity index (χ3n) is 4.50. The van der Waals surface area contributed by atoms with Crippen LogP contribution in [0.2, 0.25) is 0 Å². The van der Waals surface area contributed by atoms with E-state index in [4.69, 9.17) is 0 Å². The van der Waals surface area contributed by atoms with Crippen LogP contribution in [0.1, 0.15) is 11.4 Å². The highest BCUT2D eigenvalue weighted by Crippen LogP contribution is 2.27. The zero-order chi connectivity index (χ0) is 19.0. The normalized spacial score (nSPS) is 10.8. The smallest absolute Gasteiger partial charge is 0.134 e. The van der Waals surface area contributed by atoms with Gasteiger partial charge in [0.25, 0.3) is 0 Å². The molecule has 0 aliphatic carbocycles. The van der Waals surface area contributed by atoms with Gasteiger partial charge in [0.2, 0.25) is 0 Å². The number of pyridine rings is 4. The van der Waals surface area contributed by atoms with E-state index in [-0.39, 0.29) is 6.04 Å². The van der Waals surface area contributed by atoms with E-state index in [0.717, 1.165) is 35.9 Å². The van der Waals surface area contributed by atoms with E-state index in [9.17, 15) is 0 Å². The molecule has 0 aliphatic rings. The summed E-state index contributed by atoms with van der Waals surface area (Å²) in [7, 11) is 0. The number of rotatable bonds is 7. The summed E-state index contributed by atoms with van der Waals surface area (Å²) in [6, 6.07) is 24.0. The molecule has 4 aromatic heterocycles. The first kappa shape index (κ1) is 17.8. The maximum absolute atomic E-state index is 4.60. The van der Waals surface area contributed by atoms with Crippen molar-refractivity contribution < 1.29 is 0 Å². The predicted octanol–water partition coefficient (Wildman–Crippen LogP) is 4.26. The van der Waals surface area contributed by atoms with Crippen LogP contribution < -0.4 is 4.90 Å². The maximum atomic E-state index is 4.60. The third-order valence-corrected chi connectivity index (χ3v) is 4.50. The molecule has 0 bridgehead atoms. The fourth-order valence-corrected chi connectivity index (χ4v) is 3.26. The Morgan fingerprint density at radius 3 is 1.32 bits per heavy atom. The van der Waals surface area contributed by atoms with Crippen LogP contribution in [0, 0.1) is 0 Å². The Morgan fingerprint density at radius 1 is 0.536 bits per heavy atom. The first-order valence-corrected chi connectivity index (χ1v) is 9.31. The van der Waals surface area contributed by atoms with Gasteiger partial charge in [0.1, 0.15) is 11.6 Å². The van der Waals surface area contributed by atoms with Crippen LogP contribution in [-0.4, -0.2) is 26.0 Å². The van der Waals surface area contributed by atoms with Crippen molar-refractivity contribution >= 4 is 11.6 Å². The summed E-state index contributed by atoms with van der Waals surface area (Å²) in [5.74, 6) is 1.72. The molecule has 0 atom stereocenters. The fraction of sp³-hybridized carbons (Fsp3) is 0.130. The Balaban J connectivity index is 1.76. The number of aromatic nitrogens is 4. The SMILES string of the molecule is c1ccc(CC(Cc2ccccn2)N(c2ccccn2)c2ccccn2)nc1. The lowest BCUT2D eigenvalue weighted by atomic mass is 10.0. The lowest BCUT2D eigenvalue weighted by Gasteiger charge is -2.32. The first-order valence-electron chi connectivity index (χ1n) is 9.31. The first-order chi connectivity index (χ1) is 13.9. The molecule has 4 heterocycles. The number of hydrogen-bond acceptors (Lipinski definition) is 5. The molecule has 28 heavy (non-hydrogen) atoms. The van der Waals surface area contributed by atoms with Crippen LogP contribution >= 0.6 is 0 Å². The molecule has 0 aromatic carbocycles. The largest absolute Gasteiger partial charge is 0.307 e. The Kier molecular flexibility index (Phi) is 5.63. The van der Waals surface area contributed by atoms with Gasteiger partial charge >= 0.3 is 0 Å². The molecule has 138 valence electrons. The van der Waals surface area contributed by atoms with Gasteiger partial charge in [-0.3, -0.25) is 9.97 Å². The van der Waals surface area contributed by atoms with Crippen LogP contribution in [0.3, 0.4) is 0 Å². The molecule has 0 amide bonds. The number of nitrogens with zero attached hydrogens (tertiary/aromatic N) is 5. The van der Waals surface area contributed by atoms with Crippen molar-refractivity contribution in [2.75, 3.05) is 4.90 Å². The van der Waals surface area contributed by atoms with Crippen LogP contribution in [0.5, 0.6) is 0 Å². The van der Waals surface area contributed by atoms with E-state index in [1.807, 2.05) is 85.5 Å². The second kappa shape index (κ2) is 8.86.